The molecule has 6 heteroatoms. The number of rotatable bonds is 9. The maximum Gasteiger partial charge on any atom is 0.342 e. The Morgan fingerprint density at radius 2 is 1.80 bits per heavy atom. The Kier molecular flexibility index (Phi) is 8.48. The van der Waals surface area contributed by atoms with E-state index < -0.39 is 5.97 Å². The Balaban J connectivity index is 1.85. The first-order chi connectivity index (χ1) is 16.6. The number of aromatic nitrogens is 1. The molecule has 0 amide bonds. The number of nitriles is 1. The number of fused-ring (bicyclic) bond motifs is 1. The number of nitrogens with zero attached hydrogens (tertiary/aromatic N) is 2. The summed E-state index contributed by atoms with van der Waals surface area (Å²) in [6.07, 6.45) is 0.995. The molecule has 2 aromatic carbocycles. The lowest BCUT2D eigenvalue weighted by molar-refractivity contribution is -0.275. The standard InChI is InChI=1S/C29H34N2O4/c1-19(2)15-26-24(18-30)28(21-9-7-20(3)8-10-21)23-16-22(11-12-25(23)31-26)33-13-14-34-35-27(32)17-29(4,5)6/h7-12,16,19H,13-15,17H2,1-6H3. The Labute approximate surface area is 207 Å². The molecule has 3 aromatic rings. The van der Waals surface area contributed by atoms with Gasteiger partial charge in [-0.1, -0.05) is 64.4 Å². The van der Waals surface area contributed by atoms with E-state index in [0.29, 0.717) is 17.2 Å². The van der Waals surface area contributed by atoms with Gasteiger partial charge in [-0.05, 0) is 48.4 Å². The van der Waals surface area contributed by atoms with E-state index >= 15 is 0 Å². The summed E-state index contributed by atoms with van der Waals surface area (Å²) in [7, 11) is 0. The second-order valence-electron chi connectivity index (χ2n) is 10.4. The molecule has 3 rings (SSSR count). The van der Waals surface area contributed by atoms with E-state index in [0.717, 1.165) is 39.7 Å². The first kappa shape index (κ1) is 26.2. The van der Waals surface area contributed by atoms with Crippen molar-refractivity contribution in [3.05, 3.63) is 59.3 Å². The van der Waals surface area contributed by atoms with Crippen molar-refractivity contribution >= 4 is 16.9 Å². The normalized spacial score (nSPS) is 11.5. The number of aryl methyl sites for hydroxylation is 1. The van der Waals surface area contributed by atoms with E-state index in [1.807, 2.05) is 70.2 Å². The molecule has 0 fully saturated rings. The topological polar surface area (TPSA) is 81.4 Å². The third-order valence-electron chi connectivity index (χ3n) is 5.35. The van der Waals surface area contributed by atoms with Crippen LogP contribution in [0.2, 0.25) is 0 Å². The minimum Gasteiger partial charge on any atom is -0.491 e. The van der Waals surface area contributed by atoms with Crippen LogP contribution in [0.3, 0.4) is 0 Å². The van der Waals surface area contributed by atoms with E-state index in [2.05, 4.69) is 19.9 Å². The van der Waals surface area contributed by atoms with E-state index in [1.54, 1.807) is 0 Å². The van der Waals surface area contributed by atoms with Crippen LogP contribution < -0.4 is 4.74 Å². The Bertz CT molecular complexity index is 1220. The number of hydrogen-bond donors (Lipinski definition) is 0. The van der Waals surface area contributed by atoms with Crippen LogP contribution in [0.4, 0.5) is 0 Å². The van der Waals surface area contributed by atoms with Gasteiger partial charge in [0.05, 0.1) is 23.2 Å². The monoisotopic (exact) mass is 474 g/mol. The Morgan fingerprint density at radius 3 is 2.43 bits per heavy atom. The van der Waals surface area contributed by atoms with Crippen molar-refractivity contribution in [1.82, 2.24) is 4.98 Å². The summed E-state index contributed by atoms with van der Waals surface area (Å²) >= 11 is 0. The fourth-order valence-electron chi connectivity index (χ4n) is 3.82. The second-order valence-corrected chi connectivity index (χ2v) is 10.4. The average Bonchev–Trinajstić information content (AvgIpc) is 2.77. The number of carbonyl (C=O) groups excluding carboxylic acids is 1. The molecule has 0 aliphatic rings. The van der Waals surface area contributed by atoms with E-state index in [1.165, 1.54) is 0 Å². The highest BCUT2D eigenvalue weighted by Crippen LogP contribution is 2.35. The molecule has 1 aromatic heterocycles. The van der Waals surface area contributed by atoms with E-state index in [-0.39, 0.29) is 25.0 Å². The molecule has 0 unspecified atom stereocenters. The van der Waals surface area contributed by atoms with Gasteiger partial charge in [-0.3, -0.25) is 9.87 Å². The fourth-order valence-corrected chi connectivity index (χ4v) is 3.82. The molecule has 0 aliphatic heterocycles. The average molecular weight is 475 g/mol. The molecule has 0 bridgehead atoms. The fraction of sp³-hybridized carbons (Fsp3) is 0.414. The molecule has 0 atom stereocenters. The second kappa shape index (κ2) is 11.3. The van der Waals surface area contributed by atoms with Gasteiger partial charge in [-0.2, -0.15) is 10.1 Å². The lowest BCUT2D eigenvalue weighted by atomic mass is 9.92. The van der Waals surface area contributed by atoms with Gasteiger partial charge in [0.2, 0.25) is 0 Å². The van der Waals surface area contributed by atoms with Gasteiger partial charge >= 0.3 is 5.97 Å². The number of carbonyl (C=O) groups is 1. The smallest absolute Gasteiger partial charge is 0.342 e. The Hall–Kier alpha value is -3.43. The molecule has 184 valence electrons. The minimum absolute atomic E-state index is 0.105. The number of ether oxygens (including phenoxy) is 1. The third-order valence-corrected chi connectivity index (χ3v) is 5.35. The molecule has 0 saturated carbocycles. The molecule has 0 N–H and O–H groups in total. The SMILES string of the molecule is Cc1ccc(-c2c(C#N)c(CC(C)C)nc3ccc(OCCOOC(=O)CC(C)(C)C)cc23)cc1. The van der Waals surface area contributed by atoms with Crippen molar-refractivity contribution < 1.29 is 19.3 Å². The van der Waals surface area contributed by atoms with Crippen LogP contribution in [0.15, 0.2) is 42.5 Å². The van der Waals surface area contributed by atoms with Crippen molar-refractivity contribution in [2.75, 3.05) is 13.2 Å². The molecule has 0 spiro atoms. The molecular weight excluding hydrogens is 440 g/mol. The summed E-state index contributed by atoms with van der Waals surface area (Å²) in [4.78, 5) is 26.4. The van der Waals surface area contributed by atoms with Crippen LogP contribution in [0, 0.1) is 29.6 Å². The number of benzene rings is 2. The summed E-state index contributed by atoms with van der Waals surface area (Å²) in [6, 6.07) is 16.2. The highest BCUT2D eigenvalue weighted by molar-refractivity contribution is 5.98. The van der Waals surface area contributed by atoms with Gasteiger partial charge in [0.15, 0.2) is 0 Å². The van der Waals surface area contributed by atoms with Gasteiger partial charge in [-0.15, -0.1) is 0 Å². The van der Waals surface area contributed by atoms with Gasteiger partial charge in [0.25, 0.3) is 0 Å². The molecule has 0 radical (unpaired) electrons. The van der Waals surface area contributed by atoms with Crippen molar-refractivity contribution in [1.29, 1.82) is 5.26 Å². The summed E-state index contributed by atoms with van der Waals surface area (Å²) in [6.45, 7) is 12.5. The summed E-state index contributed by atoms with van der Waals surface area (Å²) in [5.74, 6) is 0.592. The molecule has 0 aliphatic carbocycles. The predicted octanol–water partition coefficient (Wildman–Crippen LogP) is 6.57. The molecule has 0 saturated heterocycles. The largest absolute Gasteiger partial charge is 0.491 e. The van der Waals surface area contributed by atoms with Crippen LogP contribution in [-0.2, 0) is 21.0 Å². The van der Waals surface area contributed by atoms with Crippen LogP contribution in [0.25, 0.3) is 22.0 Å². The lowest BCUT2D eigenvalue weighted by Crippen LogP contribution is -2.17. The van der Waals surface area contributed by atoms with E-state index in [9.17, 15) is 10.1 Å². The highest BCUT2D eigenvalue weighted by Gasteiger charge is 2.19. The quantitative estimate of drug-likeness (QED) is 0.198. The predicted molar refractivity (Wildman–Crippen MR) is 137 cm³/mol. The van der Waals surface area contributed by atoms with Crippen LogP contribution in [0.1, 0.15) is 57.9 Å². The summed E-state index contributed by atoms with van der Waals surface area (Å²) in [5, 5.41) is 10.9. The molecule has 35 heavy (non-hydrogen) atoms. The third kappa shape index (κ3) is 7.27. The Morgan fingerprint density at radius 1 is 1.09 bits per heavy atom. The lowest BCUT2D eigenvalue weighted by Gasteiger charge is -2.16. The zero-order valence-electron chi connectivity index (χ0n) is 21.5. The van der Waals surface area contributed by atoms with Crippen LogP contribution in [0.5, 0.6) is 5.75 Å². The zero-order valence-corrected chi connectivity index (χ0v) is 21.5. The summed E-state index contributed by atoms with van der Waals surface area (Å²) in [5.41, 5.74) is 5.05. The van der Waals surface area contributed by atoms with E-state index in [4.69, 9.17) is 19.5 Å². The number of hydrogen-bond acceptors (Lipinski definition) is 6. The van der Waals surface area contributed by atoms with Gasteiger partial charge < -0.3 is 4.74 Å². The first-order valence-corrected chi connectivity index (χ1v) is 12.0. The first-order valence-electron chi connectivity index (χ1n) is 12.0. The molecule has 1 heterocycles. The number of pyridine rings is 1. The van der Waals surface area contributed by atoms with Gasteiger partial charge in [-0.25, -0.2) is 4.79 Å². The minimum atomic E-state index is -0.404. The van der Waals surface area contributed by atoms with Gasteiger partial charge in [0.1, 0.15) is 25.0 Å². The van der Waals surface area contributed by atoms with Crippen molar-refractivity contribution in [2.45, 2.75) is 54.4 Å². The highest BCUT2D eigenvalue weighted by atomic mass is 17.2. The zero-order chi connectivity index (χ0) is 25.6. The summed E-state index contributed by atoms with van der Waals surface area (Å²) < 4.78 is 5.85. The molecular formula is C29H34N2O4. The van der Waals surface area contributed by atoms with Gasteiger partial charge in [0, 0.05) is 10.9 Å². The van der Waals surface area contributed by atoms with Crippen molar-refractivity contribution in [2.24, 2.45) is 11.3 Å². The van der Waals surface area contributed by atoms with Crippen molar-refractivity contribution in [3.8, 4) is 22.9 Å². The van der Waals surface area contributed by atoms with Crippen LogP contribution in [-0.4, -0.2) is 24.2 Å². The maximum atomic E-state index is 11.8. The maximum absolute atomic E-state index is 11.8. The molecule has 6 nitrogen and oxygen atoms in total. The van der Waals surface area contributed by atoms with Crippen molar-refractivity contribution in [3.63, 3.8) is 0 Å². The van der Waals surface area contributed by atoms with Crippen LogP contribution >= 0.6 is 0 Å².